The fourth-order valence-electron chi connectivity index (χ4n) is 1.98. The van der Waals surface area contributed by atoms with Gasteiger partial charge in [-0.25, -0.2) is 0 Å². The molecule has 0 aliphatic carbocycles. The maximum atomic E-state index is 12.1. The van der Waals surface area contributed by atoms with Crippen LogP contribution in [0, 0.1) is 25.2 Å². The molecular weight excluding hydrogens is 236 g/mol. The SMILES string of the molecule is Cc1cc(C)cc(C(=O)Nc2cccc(C#N)c2)c1. The Labute approximate surface area is 112 Å². The molecule has 0 aliphatic heterocycles. The molecule has 0 saturated heterocycles. The third-order valence-corrected chi connectivity index (χ3v) is 2.73. The Morgan fingerprint density at radius 2 is 1.79 bits per heavy atom. The molecule has 2 aromatic carbocycles. The number of nitrogens with one attached hydrogen (secondary N) is 1. The zero-order chi connectivity index (χ0) is 13.8. The molecule has 0 unspecified atom stereocenters. The van der Waals surface area contributed by atoms with E-state index in [1.165, 1.54) is 0 Å². The largest absolute Gasteiger partial charge is 0.322 e. The van der Waals surface area contributed by atoms with E-state index in [0.29, 0.717) is 16.8 Å². The van der Waals surface area contributed by atoms with Crippen LogP contribution in [0.25, 0.3) is 0 Å². The van der Waals surface area contributed by atoms with Crippen LogP contribution in [-0.2, 0) is 0 Å². The second-order valence-electron chi connectivity index (χ2n) is 4.52. The molecule has 0 aliphatic rings. The molecule has 0 bridgehead atoms. The summed E-state index contributed by atoms with van der Waals surface area (Å²) in [5.74, 6) is -0.165. The van der Waals surface area contributed by atoms with Gasteiger partial charge in [-0.05, 0) is 44.2 Å². The van der Waals surface area contributed by atoms with E-state index in [9.17, 15) is 4.79 Å². The number of carbonyl (C=O) groups excluding carboxylic acids is 1. The molecule has 19 heavy (non-hydrogen) atoms. The summed E-state index contributed by atoms with van der Waals surface area (Å²) in [6.07, 6.45) is 0. The highest BCUT2D eigenvalue weighted by Gasteiger charge is 2.07. The summed E-state index contributed by atoms with van der Waals surface area (Å²) in [5, 5.41) is 11.6. The second kappa shape index (κ2) is 5.36. The molecule has 0 radical (unpaired) electrons. The van der Waals surface area contributed by atoms with Gasteiger partial charge in [0.05, 0.1) is 11.6 Å². The number of carbonyl (C=O) groups is 1. The van der Waals surface area contributed by atoms with Crippen molar-refractivity contribution in [1.29, 1.82) is 5.26 Å². The Morgan fingerprint density at radius 3 is 2.42 bits per heavy atom. The van der Waals surface area contributed by atoms with Gasteiger partial charge in [-0.3, -0.25) is 4.79 Å². The summed E-state index contributed by atoms with van der Waals surface area (Å²) in [6.45, 7) is 3.92. The van der Waals surface area contributed by atoms with Crippen molar-refractivity contribution in [1.82, 2.24) is 0 Å². The van der Waals surface area contributed by atoms with Gasteiger partial charge in [-0.1, -0.05) is 23.3 Å². The fourth-order valence-corrected chi connectivity index (χ4v) is 1.98. The number of hydrogen-bond donors (Lipinski definition) is 1. The van der Waals surface area contributed by atoms with E-state index in [0.717, 1.165) is 11.1 Å². The summed E-state index contributed by atoms with van der Waals surface area (Å²) < 4.78 is 0. The van der Waals surface area contributed by atoms with E-state index < -0.39 is 0 Å². The summed E-state index contributed by atoms with van der Waals surface area (Å²) in [4.78, 5) is 12.1. The molecule has 1 amide bonds. The van der Waals surface area contributed by atoms with Crippen LogP contribution in [0.15, 0.2) is 42.5 Å². The van der Waals surface area contributed by atoms with Crippen molar-refractivity contribution in [2.75, 3.05) is 5.32 Å². The van der Waals surface area contributed by atoms with Crippen molar-refractivity contribution in [3.63, 3.8) is 0 Å². The molecule has 2 rings (SSSR count). The number of nitriles is 1. The number of amides is 1. The predicted molar refractivity (Wildman–Crippen MR) is 75.0 cm³/mol. The van der Waals surface area contributed by atoms with Gasteiger partial charge >= 0.3 is 0 Å². The van der Waals surface area contributed by atoms with Crippen LogP contribution >= 0.6 is 0 Å². The van der Waals surface area contributed by atoms with Gasteiger partial charge in [0.2, 0.25) is 0 Å². The summed E-state index contributed by atoms with van der Waals surface area (Å²) >= 11 is 0. The molecule has 1 N–H and O–H groups in total. The number of anilines is 1. The van der Waals surface area contributed by atoms with E-state index in [2.05, 4.69) is 5.32 Å². The van der Waals surface area contributed by atoms with Gasteiger partial charge in [0.1, 0.15) is 0 Å². The first-order valence-corrected chi connectivity index (χ1v) is 5.98. The predicted octanol–water partition coefficient (Wildman–Crippen LogP) is 3.43. The third kappa shape index (κ3) is 3.20. The average Bonchev–Trinajstić information content (AvgIpc) is 2.37. The van der Waals surface area contributed by atoms with Crippen molar-refractivity contribution in [3.05, 3.63) is 64.7 Å². The number of rotatable bonds is 2. The minimum absolute atomic E-state index is 0.165. The van der Waals surface area contributed by atoms with Gasteiger partial charge in [0.15, 0.2) is 0 Å². The Bertz CT molecular complexity index is 648. The van der Waals surface area contributed by atoms with Crippen molar-refractivity contribution < 1.29 is 4.79 Å². The second-order valence-corrected chi connectivity index (χ2v) is 4.52. The number of nitrogens with zero attached hydrogens (tertiary/aromatic N) is 1. The first-order chi connectivity index (χ1) is 9.08. The normalized spacial score (nSPS) is 9.74. The van der Waals surface area contributed by atoms with Crippen molar-refractivity contribution in [3.8, 4) is 6.07 Å². The first kappa shape index (κ1) is 12.8. The van der Waals surface area contributed by atoms with Crippen LogP contribution < -0.4 is 5.32 Å². The molecule has 94 valence electrons. The standard InChI is InChI=1S/C16H14N2O/c1-11-6-12(2)8-14(7-11)16(19)18-15-5-3-4-13(9-15)10-17/h3-9H,1-2H3,(H,18,19). The van der Waals surface area contributed by atoms with Crippen molar-refractivity contribution in [2.24, 2.45) is 0 Å². The highest BCUT2D eigenvalue weighted by Crippen LogP contribution is 2.14. The van der Waals surface area contributed by atoms with Gasteiger partial charge in [-0.2, -0.15) is 5.26 Å². The lowest BCUT2D eigenvalue weighted by atomic mass is 10.1. The van der Waals surface area contributed by atoms with Crippen LogP contribution in [0.1, 0.15) is 27.0 Å². The lowest BCUT2D eigenvalue weighted by Gasteiger charge is -2.07. The van der Waals surface area contributed by atoms with Crippen LogP contribution in [0.2, 0.25) is 0 Å². The molecule has 3 nitrogen and oxygen atoms in total. The highest BCUT2D eigenvalue weighted by atomic mass is 16.1. The van der Waals surface area contributed by atoms with Gasteiger partial charge in [0, 0.05) is 11.3 Å². The van der Waals surface area contributed by atoms with Crippen LogP contribution in [-0.4, -0.2) is 5.91 Å². The van der Waals surface area contributed by atoms with Crippen molar-refractivity contribution >= 4 is 11.6 Å². The smallest absolute Gasteiger partial charge is 0.255 e. The Hall–Kier alpha value is -2.60. The quantitative estimate of drug-likeness (QED) is 0.887. The number of aryl methyl sites for hydroxylation is 2. The van der Waals surface area contributed by atoms with E-state index in [4.69, 9.17) is 5.26 Å². The molecule has 0 spiro atoms. The van der Waals surface area contributed by atoms with Crippen LogP contribution in [0.3, 0.4) is 0 Å². The van der Waals surface area contributed by atoms with Gasteiger partial charge in [-0.15, -0.1) is 0 Å². The Morgan fingerprint density at radius 1 is 1.11 bits per heavy atom. The van der Waals surface area contributed by atoms with Crippen LogP contribution in [0.5, 0.6) is 0 Å². The van der Waals surface area contributed by atoms with Crippen LogP contribution in [0.4, 0.5) is 5.69 Å². The van der Waals surface area contributed by atoms with E-state index in [-0.39, 0.29) is 5.91 Å². The van der Waals surface area contributed by atoms with E-state index >= 15 is 0 Å². The molecule has 0 saturated carbocycles. The lowest BCUT2D eigenvalue weighted by Crippen LogP contribution is -2.12. The number of hydrogen-bond acceptors (Lipinski definition) is 2. The minimum Gasteiger partial charge on any atom is -0.322 e. The third-order valence-electron chi connectivity index (χ3n) is 2.73. The van der Waals surface area contributed by atoms with E-state index in [1.54, 1.807) is 24.3 Å². The zero-order valence-electron chi connectivity index (χ0n) is 10.9. The molecule has 0 aromatic heterocycles. The number of benzene rings is 2. The zero-order valence-corrected chi connectivity index (χ0v) is 10.9. The van der Waals surface area contributed by atoms with Gasteiger partial charge in [0.25, 0.3) is 5.91 Å². The summed E-state index contributed by atoms with van der Waals surface area (Å²) in [7, 11) is 0. The highest BCUT2D eigenvalue weighted by molar-refractivity contribution is 6.04. The maximum Gasteiger partial charge on any atom is 0.255 e. The first-order valence-electron chi connectivity index (χ1n) is 5.98. The average molecular weight is 250 g/mol. The monoisotopic (exact) mass is 250 g/mol. The maximum absolute atomic E-state index is 12.1. The molecule has 0 atom stereocenters. The molecular formula is C16H14N2O. The molecule has 2 aromatic rings. The lowest BCUT2D eigenvalue weighted by molar-refractivity contribution is 0.102. The molecule has 0 fully saturated rings. The van der Waals surface area contributed by atoms with Crippen molar-refractivity contribution in [2.45, 2.75) is 13.8 Å². The topological polar surface area (TPSA) is 52.9 Å². The Balaban J connectivity index is 2.23. The molecule has 3 heteroatoms. The van der Waals surface area contributed by atoms with Gasteiger partial charge < -0.3 is 5.32 Å². The van der Waals surface area contributed by atoms with E-state index in [1.807, 2.05) is 38.1 Å². The minimum atomic E-state index is -0.165. The molecule has 0 heterocycles. The summed E-state index contributed by atoms with van der Waals surface area (Å²) in [5.41, 5.74) is 3.88. The summed E-state index contributed by atoms with van der Waals surface area (Å²) in [6, 6.07) is 14.6. The Kier molecular flexibility index (Phi) is 3.63. The fraction of sp³-hybridized carbons (Fsp3) is 0.125.